The number of fused-ring (bicyclic) bond motifs is 1. The van der Waals surface area contributed by atoms with E-state index < -0.39 is 5.82 Å². The second-order valence-corrected chi connectivity index (χ2v) is 5.42. The Morgan fingerprint density at radius 3 is 2.19 bits per heavy atom. The maximum absolute atomic E-state index is 13.3. The first kappa shape index (κ1) is 14.6. The molecule has 2 aromatic heterocycles. The van der Waals surface area contributed by atoms with Crippen LogP contribution in [0.3, 0.4) is 0 Å². The minimum atomic E-state index is -0.392. The number of nitrogens with zero attached hydrogens (tertiary/aromatic N) is 4. The van der Waals surface area contributed by atoms with Crippen molar-refractivity contribution in [2.24, 2.45) is 0 Å². The zero-order chi connectivity index (χ0) is 17.5. The van der Waals surface area contributed by atoms with E-state index in [4.69, 9.17) is 18.5 Å². The van der Waals surface area contributed by atoms with Crippen LogP contribution in [0.1, 0.15) is 0 Å². The van der Waals surface area contributed by atoms with Crippen molar-refractivity contribution in [2.75, 3.05) is 6.79 Å². The van der Waals surface area contributed by atoms with Crippen molar-refractivity contribution in [3.05, 3.63) is 48.3 Å². The van der Waals surface area contributed by atoms with Crippen molar-refractivity contribution in [3.8, 4) is 46.1 Å². The zero-order valence-electron chi connectivity index (χ0n) is 13.0. The predicted octanol–water partition coefficient (Wildman–Crippen LogP) is 3.32. The van der Waals surface area contributed by atoms with Gasteiger partial charge in [-0.2, -0.15) is 9.97 Å². The molecule has 1 aliphatic heterocycles. The zero-order valence-corrected chi connectivity index (χ0v) is 13.0. The third-order valence-electron chi connectivity index (χ3n) is 3.75. The summed E-state index contributed by atoms with van der Waals surface area (Å²) in [5.74, 6) is 1.55. The molecular formula is C17H9FN4O4. The molecule has 0 saturated carbocycles. The molecule has 5 rings (SSSR count). The lowest BCUT2D eigenvalue weighted by molar-refractivity contribution is 0.174. The molecule has 4 aromatic rings. The first-order valence-corrected chi connectivity index (χ1v) is 7.60. The molecule has 26 heavy (non-hydrogen) atoms. The molecule has 0 atom stereocenters. The van der Waals surface area contributed by atoms with Gasteiger partial charge in [0, 0.05) is 11.1 Å². The Hall–Kier alpha value is -3.75. The number of ether oxygens (including phenoxy) is 2. The van der Waals surface area contributed by atoms with Gasteiger partial charge in [-0.15, -0.1) is 0 Å². The van der Waals surface area contributed by atoms with Crippen LogP contribution in [0.15, 0.2) is 51.5 Å². The van der Waals surface area contributed by atoms with Gasteiger partial charge in [-0.25, -0.2) is 4.39 Å². The molecule has 9 heteroatoms. The topological polar surface area (TPSA) is 96.3 Å². The Balaban J connectivity index is 1.46. The lowest BCUT2D eigenvalue weighted by Crippen LogP contribution is -1.92. The van der Waals surface area contributed by atoms with Gasteiger partial charge in [0.05, 0.1) is 0 Å². The van der Waals surface area contributed by atoms with Gasteiger partial charge >= 0.3 is 11.8 Å². The molecule has 0 aliphatic carbocycles. The quantitative estimate of drug-likeness (QED) is 0.554. The Morgan fingerprint density at radius 1 is 0.769 bits per heavy atom. The first-order valence-electron chi connectivity index (χ1n) is 7.60. The second kappa shape index (κ2) is 5.66. The van der Waals surface area contributed by atoms with E-state index in [0.717, 1.165) is 0 Å². The van der Waals surface area contributed by atoms with Crippen LogP contribution < -0.4 is 9.47 Å². The van der Waals surface area contributed by atoms with E-state index >= 15 is 0 Å². The summed E-state index contributed by atoms with van der Waals surface area (Å²) in [6.07, 6.45) is 0. The highest BCUT2D eigenvalue weighted by molar-refractivity contribution is 5.63. The van der Waals surface area contributed by atoms with Crippen LogP contribution >= 0.6 is 0 Å². The summed E-state index contributed by atoms with van der Waals surface area (Å²) in [7, 11) is 0. The summed E-state index contributed by atoms with van der Waals surface area (Å²) < 4.78 is 34.3. The van der Waals surface area contributed by atoms with Gasteiger partial charge in [-0.05, 0) is 30.3 Å². The van der Waals surface area contributed by atoms with Gasteiger partial charge in [0.15, 0.2) is 11.5 Å². The molecule has 0 N–H and O–H groups in total. The van der Waals surface area contributed by atoms with Crippen LogP contribution in [0.2, 0.25) is 0 Å². The monoisotopic (exact) mass is 352 g/mol. The molecule has 0 saturated heterocycles. The highest BCUT2D eigenvalue weighted by Crippen LogP contribution is 2.35. The Bertz CT molecular complexity index is 1110. The summed E-state index contributed by atoms with van der Waals surface area (Å²) in [5.41, 5.74) is 1.17. The molecular weight excluding hydrogens is 343 g/mol. The van der Waals surface area contributed by atoms with E-state index in [-0.39, 0.29) is 24.4 Å². The molecule has 0 spiro atoms. The van der Waals surface area contributed by atoms with E-state index in [2.05, 4.69) is 20.3 Å². The largest absolute Gasteiger partial charge is 0.454 e. The fraction of sp³-hybridized carbons (Fsp3) is 0.0588. The molecule has 0 amide bonds. The standard InChI is InChI=1S/C17H9FN4O4/c18-11-3-1-2-9(6-11)14-19-16(25-21-14)17-20-15(22-26-17)10-4-5-12-13(7-10)24-8-23-12/h1-7H,8H2. The first-order chi connectivity index (χ1) is 12.8. The number of halogens is 1. The van der Waals surface area contributed by atoms with Crippen LogP contribution in [0.4, 0.5) is 4.39 Å². The lowest BCUT2D eigenvalue weighted by Gasteiger charge is -1.97. The van der Waals surface area contributed by atoms with Crippen LogP contribution in [0.25, 0.3) is 34.6 Å². The highest BCUT2D eigenvalue weighted by atomic mass is 19.1. The molecule has 2 aromatic carbocycles. The third kappa shape index (κ3) is 2.46. The van der Waals surface area contributed by atoms with Crippen molar-refractivity contribution in [2.45, 2.75) is 0 Å². The predicted molar refractivity (Wildman–Crippen MR) is 84.5 cm³/mol. The van der Waals surface area contributed by atoms with Crippen molar-refractivity contribution in [3.63, 3.8) is 0 Å². The van der Waals surface area contributed by atoms with E-state index in [1.807, 2.05) is 0 Å². The molecule has 3 heterocycles. The van der Waals surface area contributed by atoms with Gasteiger partial charge in [0.2, 0.25) is 18.4 Å². The smallest absolute Gasteiger partial charge is 0.316 e. The van der Waals surface area contributed by atoms with Gasteiger partial charge in [-0.1, -0.05) is 22.4 Å². The van der Waals surface area contributed by atoms with Crippen molar-refractivity contribution < 1.29 is 22.9 Å². The summed E-state index contributed by atoms with van der Waals surface area (Å²) in [4.78, 5) is 8.43. The number of benzene rings is 2. The summed E-state index contributed by atoms with van der Waals surface area (Å²) in [6.45, 7) is 0.182. The van der Waals surface area contributed by atoms with E-state index in [1.165, 1.54) is 12.1 Å². The van der Waals surface area contributed by atoms with Crippen LogP contribution in [-0.4, -0.2) is 27.1 Å². The third-order valence-corrected chi connectivity index (χ3v) is 3.75. The Kier molecular flexibility index (Phi) is 3.17. The van der Waals surface area contributed by atoms with E-state index in [9.17, 15) is 4.39 Å². The van der Waals surface area contributed by atoms with Crippen LogP contribution in [0.5, 0.6) is 11.5 Å². The average molecular weight is 352 g/mol. The maximum Gasteiger partial charge on any atom is 0.316 e. The minimum Gasteiger partial charge on any atom is -0.454 e. The van der Waals surface area contributed by atoms with Crippen molar-refractivity contribution in [1.29, 1.82) is 0 Å². The summed E-state index contributed by atoms with van der Waals surface area (Å²) in [5, 5.41) is 7.73. The molecule has 0 fully saturated rings. The maximum atomic E-state index is 13.3. The normalized spacial score (nSPS) is 12.5. The van der Waals surface area contributed by atoms with Crippen molar-refractivity contribution in [1.82, 2.24) is 20.3 Å². The molecule has 8 nitrogen and oxygen atoms in total. The van der Waals surface area contributed by atoms with Crippen LogP contribution in [0, 0.1) is 5.82 Å². The Morgan fingerprint density at radius 2 is 1.46 bits per heavy atom. The molecule has 0 bridgehead atoms. The SMILES string of the molecule is Fc1cccc(-c2noc(-c3nc(-c4ccc5c(c4)OCO5)no3)n2)c1. The van der Waals surface area contributed by atoms with E-state index in [0.29, 0.717) is 28.5 Å². The molecule has 0 unspecified atom stereocenters. The minimum absolute atomic E-state index is 0.0451. The number of hydrogen-bond donors (Lipinski definition) is 0. The summed E-state index contributed by atoms with van der Waals surface area (Å²) in [6, 6.07) is 11.2. The molecule has 1 aliphatic rings. The van der Waals surface area contributed by atoms with Crippen LogP contribution in [-0.2, 0) is 0 Å². The van der Waals surface area contributed by atoms with Gasteiger partial charge in [0.1, 0.15) is 5.82 Å². The number of aromatic nitrogens is 4. The van der Waals surface area contributed by atoms with Gasteiger partial charge < -0.3 is 18.5 Å². The van der Waals surface area contributed by atoms with Crippen molar-refractivity contribution >= 4 is 0 Å². The van der Waals surface area contributed by atoms with E-state index in [1.54, 1.807) is 30.3 Å². The molecule has 0 radical (unpaired) electrons. The highest BCUT2D eigenvalue weighted by Gasteiger charge is 2.20. The fourth-order valence-electron chi connectivity index (χ4n) is 2.52. The Labute approximate surface area is 145 Å². The van der Waals surface area contributed by atoms with Gasteiger partial charge in [0.25, 0.3) is 0 Å². The van der Waals surface area contributed by atoms with Gasteiger partial charge in [-0.3, -0.25) is 0 Å². The number of hydrogen-bond acceptors (Lipinski definition) is 8. The number of rotatable bonds is 3. The fourth-order valence-corrected chi connectivity index (χ4v) is 2.52. The second-order valence-electron chi connectivity index (χ2n) is 5.42. The summed E-state index contributed by atoms with van der Waals surface area (Å²) >= 11 is 0. The molecule has 128 valence electrons. The lowest BCUT2D eigenvalue weighted by atomic mass is 10.2. The average Bonchev–Trinajstić information content (AvgIpc) is 3.39.